The molecule has 192 valence electrons. The summed E-state index contributed by atoms with van der Waals surface area (Å²) in [6.45, 7) is 9.75. The van der Waals surface area contributed by atoms with Crippen molar-refractivity contribution in [3.8, 4) is 11.3 Å². The van der Waals surface area contributed by atoms with Gasteiger partial charge in [-0.2, -0.15) is 0 Å². The lowest BCUT2D eigenvalue weighted by molar-refractivity contribution is -0.134. The Hall–Kier alpha value is -3.04. The predicted molar refractivity (Wildman–Crippen MR) is 138 cm³/mol. The van der Waals surface area contributed by atoms with Crippen molar-refractivity contribution in [2.24, 2.45) is 0 Å². The zero-order valence-electron chi connectivity index (χ0n) is 21.1. The van der Waals surface area contributed by atoms with Crippen molar-refractivity contribution >= 4 is 17.7 Å². The van der Waals surface area contributed by atoms with Gasteiger partial charge in [-0.25, -0.2) is 9.78 Å². The van der Waals surface area contributed by atoms with Crippen LogP contribution in [0.15, 0.2) is 36.7 Å². The third-order valence-corrected chi connectivity index (χ3v) is 7.64. The Morgan fingerprint density at radius 1 is 0.917 bits per heavy atom. The van der Waals surface area contributed by atoms with Crippen LogP contribution in [0.1, 0.15) is 36.5 Å². The van der Waals surface area contributed by atoms with Gasteiger partial charge in [0.1, 0.15) is 5.82 Å². The fourth-order valence-electron chi connectivity index (χ4n) is 5.14. The van der Waals surface area contributed by atoms with E-state index in [0.29, 0.717) is 18.7 Å². The summed E-state index contributed by atoms with van der Waals surface area (Å²) in [6.07, 6.45) is 7.59. The van der Waals surface area contributed by atoms with E-state index in [1.165, 1.54) is 19.3 Å². The monoisotopic (exact) mass is 492 g/mol. The lowest BCUT2D eigenvalue weighted by Crippen LogP contribution is -2.56. The second-order valence-electron chi connectivity index (χ2n) is 9.82. The summed E-state index contributed by atoms with van der Waals surface area (Å²) in [5.41, 5.74) is 2.19. The van der Waals surface area contributed by atoms with Crippen LogP contribution in [-0.2, 0) is 9.53 Å². The molecule has 3 heterocycles. The number of benzene rings is 1. The van der Waals surface area contributed by atoms with E-state index >= 15 is 0 Å². The van der Waals surface area contributed by atoms with Gasteiger partial charge in [-0.05, 0) is 31.9 Å². The molecule has 0 N–H and O–H groups in total. The summed E-state index contributed by atoms with van der Waals surface area (Å²) in [4.78, 5) is 43.0. The van der Waals surface area contributed by atoms with E-state index in [1.54, 1.807) is 31.5 Å². The molecule has 1 aromatic carbocycles. The van der Waals surface area contributed by atoms with Crippen LogP contribution in [-0.4, -0.2) is 108 Å². The maximum atomic E-state index is 12.8. The first kappa shape index (κ1) is 24.6. The van der Waals surface area contributed by atoms with Gasteiger partial charge in [-0.15, -0.1) is 0 Å². The molecule has 0 atom stereocenters. The Labute approximate surface area is 213 Å². The van der Waals surface area contributed by atoms with Gasteiger partial charge in [0, 0.05) is 64.0 Å². The van der Waals surface area contributed by atoms with Crippen molar-refractivity contribution in [3.63, 3.8) is 0 Å². The molecule has 0 spiro atoms. The van der Waals surface area contributed by atoms with E-state index < -0.39 is 0 Å². The molecule has 5 rings (SSSR count). The summed E-state index contributed by atoms with van der Waals surface area (Å²) in [6, 6.07) is 7.98. The number of piperazine rings is 2. The number of rotatable bonds is 7. The molecule has 2 saturated heterocycles. The first-order valence-electron chi connectivity index (χ1n) is 13.2. The molecule has 0 radical (unpaired) electrons. The van der Waals surface area contributed by atoms with Crippen molar-refractivity contribution in [1.82, 2.24) is 24.7 Å². The fourth-order valence-corrected chi connectivity index (χ4v) is 5.14. The molecular formula is C27H36N6O3. The summed E-state index contributed by atoms with van der Waals surface area (Å²) in [5, 5.41) is 0. The predicted octanol–water partition coefficient (Wildman–Crippen LogP) is 2.14. The van der Waals surface area contributed by atoms with Crippen molar-refractivity contribution in [2.75, 3.05) is 70.4 Å². The van der Waals surface area contributed by atoms with Gasteiger partial charge in [0.25, 0.3) is 0 Å². The van der Waals surface area contributed by atoms with Crippen LogP contribution in [0.5, 0.6) is 0 Å². The Balaban J connectivity index is 1.08. The number of ether oxygens (including phenoxy) is 1. The van der Waals surface area contributed by atoms with Gasteiger partial charge < -0.3 is 14.5 Å². The van der Waals surface area contributed by atoms with Crippen LogP contribution in [0.3, 0.4) is 0 Å². The van der Waals surface area contributed by atoms with E-state index in [-0.39, 0.29) is 11.9 Å². The molecule has 3 aliphatic rings. The van der Waals surface area contributed by atoms with Crippen LogP contribution in [0.25, 0.3) is 11.3 Å². The number of aromatic nitrogens is 2. The van der Waals surface area contributed by atoms with Crippen LogP contribution in [0, 0.1) is 0 Å². The highest BCUT2D eigenvalue weighted by molar-refractivity contribution is 5.90. The number of carbonyl (C=O) groups excluding carboxylic acids is 2. The quantitative estimate of drug-likeness (QED) is 0.544. The van der Waals surface area contributed by atoms with Gasteiger partial charge in [0.15, 0.2) is 0 Å². The lowest BCUT2D eigenvalue weighted by Gasteiger charge is -2.43. The van der Waals surface area contributed by atoms with Crippen LogP contribution >= 0.6 is 0 Å². The van der Waals surface area contributed by atoms with Gasteiger partial charge in [-0.1, -0.05) is 18.6 Å². The van der Waals surface area contributed by atoms with Crippen molar-refractivity contribution < 1.29 is 14.3 Å². The highest BCUT2D eigenvalue weighted by Crippen LogP contribution is 2.25. The summed E-state index contributed by atoms with van der Waals surface area (Å²) in [5.74, 6) is 0.785. The van der Waals surface area contributed by atoms with E-state index in [0.717, 1.165) is 75.5 Å². The van der Waals surface area contributed by atoms with E-state index in [2.05, 4.69) is 24.7 Å². The summed E-state index contributed by atoms with van der Waals surface area (Å²) >= 11 is 0. The minimum Gasteiger partial charge on any atom is -0.462 e. The van der Waals surface area contributed by atoms with Crippen LogP contribution in [0.2, 0.25) is 0 Å². The normalized spacial score (nSPS) is 19.7. The van der Waals surface area contributed by atoms with Crippen LogP contribution in [0.4, 0.5) is 5.82 Å². The Kier molecular flexibility index (Phi) is 7.77. The Morgan fingerprint density at radius 3 is 2.22 bits per heavy atom. The van der Waals surface area contributed by atoms with Gasteiger partial charge in [-0.3, -0.25) is 19.6 Å². The zero-order chi connectivity index (χ0) is 24.9. The number of hydrogen-bond acceptors (Lipinski definition) is 8. The number of esters is 1. The number of anilines is 1. The molecule has 36 heavy (non-hydrogen) atoms. The number of amides is 1. The highest BCUT2D eigenvalue weighted by atomic mass is 16.5. The van der Waals surface area contributed by atoms with E-state index in [1.807, 2.05) is 17.0 Å². The van der Waals surface area contributed by atoms with Crippen molar-refractivity contribution in [1.29, 1.82) is 0 Å². The first-order chi connectivity index (χ1) is 17.6. The maximum absolute atomic E-state index is 12.8. The number of nitrogens with zero attached hydrogens (tertiary/aromatic N) is 6. The van der Waals surface area contributed by atoms with Gasteiger partial charge >= 0.3 is 5.97 Å². The molecule has 0 bridgehead atoms. The zero-order valence-corrected chi connectivity index (χ0v) is 21.1. The molecule has 3 fully saturated rings. The van der Waals surface area contributed by atoms with E-state index in [9.17, 15) is 9.59 Å². The lowest BCUT2D eigenvalue weighted by atomic mass is 9.91. The third kappa shape index (κ3) is 5.68. The molecular weight excluding hydrogens is 456 g/mol. The number of carbonyl (C=O) groups is 2. The first-order valence-corrected chi connectivity index (χ1v) is 13.2. The maximum Gasteiger partial charge on any atom is 0.338 e. The average molecular weight is 493 g/mol. The van der Waals surface area contributed by atoms with Gasteiger partial charge in [0.05, 0.1) is 36.8 Å². The second-order valence-corrected chi connectivity index (χ2v) is 9.82. The number of hydrogen-bond donors (Lipinski definition) is 0. The second kappa shape index (κ2) is 11.3. The largest absolute Gasteiger partial charge is 0.462 e. The molecule has 9 nitrogen and oxygen atoms in total. The van der Waals surface area contributed by atoms with Gasteiger partial charge in [0.2, 0.25) is 5.91 Å². The fraction of sp³-hybridized carbons (Fsp3) is 0.556. The smallest absolute Gasteiger partial charge is 0.338 e. The third-order valence-electron chi connectivity index (χ3n) is 7.64. The molecule has 1 aliphatic carbocycles. The minimum atomic E-state index is -0.321. The molecule has 0 unspecified atom stereocenters. The Morgan fingerprint density at radius 2 is 1.64 bits per heavy atom. The van der Waals surface area contributed by atoms with Crippen molar-refractivity contribution in [2.45, 2.75) is 32.2 Å². The van der Waals surface area contributed by atoms with E-state index in [4.69, 9.17) is 4.74 Å². The SMILES string of the molecule is CCOC(=O)c1ccc(-c2cnc(N3CCN(CC(=O)N4CCN(C5CCC5)CC4)CC3)cn2)cc1. The standard InChI is InChI=1S/C27H36N6O3/c1-2-36-27(35)22-8-6-21(7-9-22)24-18-29-25(19-28-24)32-12-10-30(11-13-32)20-26(34)33-16-14-31(15-17-33)23-4-3-5-23/h6-9,18-19,23H,2-5,10-17,20H2,1H3. The minimum absolute atomic E-state index is 0.259. The molecule has 2 aromatic rings. The topological polar surface area (TPSA) is 82.1 Å². The molecule has 1 amide bonds. The Bertz CT molecular complexity index is 1020. The highest BCUT2D eigenvalue weighted by Gasteiger charge is 2.30. The average Bonchev–Trinajstić information content (AvgIpc) is 2.89. The summed E-state index contributed by atoms with van der Waals surface area (Å²) < 4.78 is 5.03. The summed E-state index contributed by atoms with van der Waals surface area (Å²) in [7, 11) is 0. The molecule has 1 saturated carbocycles. The van der Waals surface area contributed by atoms with Crippen molar-refractivity contribution in [3.05, 3.63) is 42.2 Å². The van der Waals surface area contributed by atoms with Crippen LogP contribution < -0.4 is 4.90 Å². The molecule has 9 heteroatoms. The molecule has 2 aliphatic heterocycles. The molecule has 1 aromatic heterocycles.